The zero-order chi connectivity index (χ0) is 14.4. The minimum absolute atomic E-state index is 0.0854. The number of rotatable bonds is 6. The van der Waals surface area contributed by atoms with Crippen molar-refractivity contribution < 1.29 is 9.94 Å². The van der Waals surface area contributed by atoms with E-state index in [1.54, 1.807) is 13.2 Å². The number of methoxy groups -OCH3 is 1. The van der Waals surface area contributed by atoms with Crippen LogP contribution in [0.2, 0.25) is 0 Å². The van der Waals surface area contributed by atoms with Gasteiger partial charge in [-0.1, -0.05) is 5.16 Å². The van der Waals surface area contributed by atoms with Crippen LogP contribution < -0.4 is 10.6 Å². The fourth-order valence-corrected chi connectivity index (χ4v) is 2.03. The summed E-state index contributed by atoms with van der Waals surface area (Å²) in [5.74, 6) is 0.885. The number of oxime groups is 1. The van der Waals surface area contributed by atoms with E-state index in [2.05, 4.69) is 28.9 Å². The van der Waals surface area contributed by atoms with Crippen LogP contribution in [-0.2, 0) is 4.74 Å². The first-order chi connectivity index (χ1) is 9.03. The quantitative estimate of drug-likeness (QED) is 0.351. The van der Waals surface area contributed by atoms with Crippen LogP contribution in [-0.4, -0.2) is 42.3 Å². The summed E-state index contributed by atoms with van der Waals surface area (Å²) < 4.78 is 5.18. The zero-order valence-electron chi connectivity index (χ0n) is 11.9. The van der Waals surface area contributed by atoms with E-state index in [1.165, 1.54) is 0 Å². The SMILES string of the molecule is CCN(c1cc(/C(N)=N/O)cc(C)n1)C(C)COC. The number of hydrogen-bond acceptors (Lipinski definition) is 5. The van der Waals surface area contributed by atoms with E-state index < -0.39 is 0 Å². The molecule has 0 fully saturated rings. The number of nitrogens with zero attached hydrogens (tertiary/aromatic N) is 3. The average Bonchev–Trinajstić information content (AvgIpc) is 2.38. The molecule has 0 bridgehead atoms. The van der Waals surface area contributed by atoms with Crippen molar-refractivity contribution in [2.24, 2.45) is 10.9 Å². The minimum Gasteiger partial charge on any atom is -0.409 e. The molecule has 1 aromatic rings. The number of aromatic nitrogens is 1. The predicted molar refractivity (Wildman–Crippen MR) is 75.8 cm³/mol. The summed E-state index contributed by atoms with van der Waals surface area (Å²) in [6.07, 6.45) is 0. The number of anilines is 1. The van der Waals surface area contributed by atoms with Crippen molar-refractivity contribution in [1.29, 1.82) is 0 Å². The summed E-state index contributed by atoms with van der Waals surface area (Å²) in [6.45, 7) is 7.42. The Labute approximate surface area is 113 Å². The molecule has 0 aromatic carbocycles. The molecule has 1 atom stereocenters. The third-order valence-electron chi connectivity index (χ3n) is 2.92. The standard InChI is InChI=1S/C13H22N4O2/c1-5-17(10(3)8-19-4)12-7-11(13(14)16-18)6-9(2)15-12/h6-7,10,18H,5,8H2,1-4H3,(H2,14,16). The van der Waals surface area contributed by atoms with Crippen LogP contribution in [0.15, 0.2) is 17.3 Å². The van der Waals surface area contributed by atoms with E-state index in [0.29, 0.717) is 12.2 Å². The molecule has 3 N–H and O–H groups in total. The molecule has 0 saturated heterocycles. The first-order valence-electron chi connectivity index (χ1n) is 6.25. The number of pyridine rings is 1. The maximum absolute atomic E-state index is 8.77. The van der Waals surface area contributed by atoms with Gasteiger partial charge >= 0.3 is 0 Å². The molecular weight excluding hydrogens is 244 g/mol. The lowest BCUT2D eigenvalue weighted by Crippen LogP contribution is -2.37. The second-order valence-electron chi connectivity index (χ2n) is 4.43. The highest BCUT2D eigenvalue weighted by Crippen LogP contribution is 2.17. The van der Waals surface area contributed by atoms with E-state index in [1.807, 2.05) is 13.0 Å². The van der Waals surface area contributed by atoms with Gasteiger partial charge < -0.3 is 20.6 Å². The van der Waals surface area contributed by atoms with E-state index in [-0.39, 0.29) is 11.9 Å². The minimum atomic E-state index is 0.0854. The van der Waals surface area contributed by atoms with E-state index >= 15 is 0 Å². The van der Waals surface area contributed by atoms with E-state index in [0.717, 1.165) is 18.1 Å². The van der Waals surface area contributed by atoms with Gasteiger partial charge in [-0.3, -0.25) is 0 Å². The van der Waals surface area contributed by atoms with Gasteiger partial charge in [-0.2, -0.15) is 0 Å². The molecule has 0 amide bonds. The Morgan fingerprint density at radius 1 is 1.58 bits per heavy atom. The molecule has 0 aliphatic carbocycles. The van der Waals surface area contributed by atoms with E-state index in [4.69, 9.17) is 15.7 Å². The normalized spacial score (nSPS) is 13.4. The molecule has 1 rings (SSSR count). The summed E-state index contributed by atoms with van der Waals surface area (Å²) in [4.78, 5) is 6.62. The highest BCUT2D eigenvalue weighted by atomic mass is 16.5. The topological polar surface area (TPSA) is 84.0 Å². The number of amidine groups is 1. The molecule has 0 aliphatic rings. The zero-order valence-corrected chi connectivity index (χ0v) is 11.9. The molecule has 6 heteroatoms. The van der Waals surface area contributed by atoms with Gasteiger partial charge in [0.15, 0.2) is 5.84 Å². The molecule has 1 heterocycles. The molecule has 19 heavy (non-hydrogen) atoms. The van der Waals surface area contributed by atoms with Crippen molar-refractivity contribution in [3.05, 3.63) is 23.4 Å². The lowest BCUT2D eigenvalue weighted by molar-refractivity contribution is 0.181. The Hall–Kier alpha value is -1.82. The van der Waals surface area contributed by atoms with Crippen LogP contribution in [0.1, 0.15) is 25.1 Å². The van der Waals surface area contributed by atoms with Crippen LogP contribution in [0.4, 0.5) is 5.82 Å². The van der Waals surface area contributed by atoms with E-state index in [9.17, 15) is 0 Å². The number of aryl methyl sites for hydroxylation is 1. The van der Waals surface area contributed by atoms with Gasteiger partial charge in [0.1, 0.15) is 5.82 Å². The Balaban J connectivity index is 3.13. The fraction of sp³-hybridized carbons (Fsp3) is 0.538. The van der Waals surface area contributed by atoms with Crippen LogP contribution in [0.3, 0.4) is 0 Å². The third-order valence-corrected chi connectivity index (χ3v) is 2.92. The number of likely N-dealkylation sites (N-methyl/N-ethyl adjacent to an activating group) is 1. The summed E-state index contributed by atoms with van der Waals surface area (Å²) in [7, 11) is 1.68. The average molecular weight is 266 g/mol. The van der Waals surface area contributed by atoms with Crippen LogP contribution >= 0.6 is 0 Å². The fourth-order valence-electron chi connectivity index (χ4n) is 2.03. The van der Waals surface area contributed by atoms with Gasteiger partial charge in [0.05, 0.1) is 12.6 Å². The van der Waals surface area contributed by atoms with Gasteiger partial charge in [0.2, 0.25) is 0 Å². The molecule has 6 nitrogen and oxygen atoms in total. The number of nitrogens with two attached hydrogens (primary N) is 1. The number of ether oxygens (including phenoxy) is 1. The first-order valence-corrected chi connectivity index (χ1v) is 6.25. The maximum atomic E-state index is 8.77. The highest BCUT2D eigenvalue weighted by molar-refractivity contribution is 5.97. The van der Waals surface area contributed by atoms with Crippen molar-refractivity contribution >= 4 is 11.7 Å². The van der Waals surface area contributed by atoms with Crippen LogP contribution in [0.25, 0.3) is 0 Å². The lowest BCUT2D eigenvalue weighted by Gasteiger charge is -2.29. The summed E-state index contributed by atoms with van der Waals surface area (Å²) >= 11 is 0. The predicted octanol–water partition coefficient (Wildman–Crippen LogP) is 1.35. The molecule has 0 radical (unpaired) electrons. The molecular formula is C13H22N4O2. The summed E-state index contributed by atoms with van der Waals surface area (Å²) in [5, 5.41) is 11.8. The summed E-state index contributed by atoms with van der Waals surface area (Å²) in [6, 6.07) is 3.80. The van der Waals surface area contributed by atoms with Gasteiger partial charge in [0, 0.05) is 24.9 Å². The molecule has 106 valence electrons. The molecule has 0 aliphatic heterocycles. The van der Waals surface area contributed by atoms with Gasteiger partial charge in [-0.25, -0.2) is 4.98 Å². The molecule has 1 unspecified atom stereocenters. The Bertz CT molecular complexity index is 448. The van der Waals surface area contributed by atoms with Crippen molar-refractivity contribution in [3.8, 4) is 0 Å². The highest BCUT2D eigenvalue weighted by Gasteiger charge is 2.15. The lowest BCUT2D eigenvalue weighted by atomic mass is 10.2. The smallest absolute Gasteiger partial charge is 0.170 e. The maximum Gasteiger partial charge on any atom is 0.170 e. The third kappa shape index (κ3) is 3.82. The first kappa shape index (κ1) is 15.2. The monoisotopic (exact) mass is 266 g/mol. The second kappa shape index (κ2) is 6.94. The van der Waals surface area contributed by atoms with Crippen molar-refractivity contribution in [2.45, 2.75) is 26.8 Å². The Morgan fingerprint density at radius 2 is 2.26 bits per heavy atom. The van der Waals surface area contributed by atoms with Gasteiger partial charge in [-0.15, -0.1) is 0 Å². The molecule has 0 spiro atoms. The molecule has 0 saturated carbocycles. The van der Waals surface area contributed by atoms with Crippen LogP contribution in [0, 0.1) is 6.92 Å². The van der Waals surface area contributed by atoms with Gasteiger partial charge in [0.25, 0.3) is 0 Å². The second-order valence-corrected chi connectivity index (χ2v) is 4.43. The van der Waals surface area contributed by atoms with Crippen molar-refractivity contribution in [1.82, 2.24) is 4.98 Å². The number of hydrogen-bond donors (Lipinski definition) is 2. The van der Waals surface area contributed by atoms with Crippen molar-refractivity contribution in [2.75, 3.05) is 25.2 Å². The Kier molecular flexibility index (Phi) is 5.57. The van der Waals surface area contributed by atoms with Gasteiger partial charge in [-0.05, 0) is 32.9 Å². The Morgan fingerprint density at radius 3 is 2.79 bits per heavy atom. The van der Waals surface area contributed by atoms with Crippen LogP contribution in [0.5, 0.6) is 0 Å². The summed E-state index contributed by atoms with van der Waals surface area (Å²) in [5.41, 5.74) is 7.12. The van der Waals surface area contributed by atoms with Crippen molar-refractivity contribution in [3.63, 3.8) is 0 Å². The largest absolute Gasteiger partial charge is 0.409 e. The molecule has 1 aromatic heterocycles.